The Balaban J connectivity index is 1.90. The summed E-state index contributed by atoms with van der Waals surface area (Å²) >= 11 is 0. The monoisotopic (exact) mass is 256 g/mol. The van der Waals surface area contributed by atoms with Gasteiger partial charge in [0.2, 0.25) is 0 Å². The summed E-state index contributed by atoms with van der Waals surface area (Å²) in [5, 5.41) is 8.27. The molecule has 1 aromatic carbocycles. The Morgan fingerprint density at radius 2 is 1.95 bits per heavy atom. The molecule has 0 saturated carbocycles. The number of nitrogens with zero attached hydrogens (tertiary/aromatic N) is 4. The van der Waals surface area contributed by atoms with Gasteiger partial charge in [0.1, 0.15) is 5.82 Å². The van der Waals surface area contributed by atoms with E-state index in [0.29, 0.717) is 6.54 Å². The van der Waals surface area contributed by atoms with E-state index >= 15 is 0 Å². The van der Waals surface area contributed by atoms with Crippen molar-refractivity contribution in [3.63, 3.8) is 0 Å². The minimum atomic E-state index is -0.0392. The maximum absolute atomic E-state index is 12.5. The Bertz CT molecular complexity index is 605. The molecule has 0 N–H and O–H groups in total. The van der Waals surface area contributed by atoms with E-state index in [1.54, 1.807) is 0 Å². The number of carbonyl (C=O) groups excluding carboxylic acids is 1. The van der Waals surface area contributed by atoms with Crippen LogP contribution in [-0.4, -0.2) is 32.1 Å². The van der Waals surface area contributed by atoms with E-state index in [9.17, 15) is 4.79 Å². The lowest BCUT2D eigenvalue weighted by Gasteiger charge is -2.33. The van der Waals surface area contributed by atoms with Gasteiger partial charge in [-0.2, -0.15) is 0 Å². The standard InChI is InChI=1S/C14H16N4O/c1-10-13-16-15-11(2)18(13)9-8-17(10)14(19)12-6-4-3-5-7-12/h3-7,10H,8-9H2,1-2H3/t10-/m1/s1. The van der Waals surface area contributed by atoms with E-state index in [4.69, 9.17) is 0 Å². The van der Waals surface area contributed by atoms with Gasteiger partial charge in [-0.25, -0.2) is 0 Å². The van der Waals surface area contributed by atoms with Crippen molar-refractivity contribution in [1.29, 1.82) is 0 Å². The first-order valence-electron chi connectivity index (χ1n) is 6.44. The molecule has 2 aromatic rings. The van der Waals surface area contributed by atoms with Gasteiger partial charge in [0.25, 0.3) is 5.91 Å². The number of rotatable bonds is 1. The minimum Gasteiger partial charge on any atom is -0.327 e. The largest absolute Gasteiger partial charge is 0.327 e. The summed E-state index contributed by atoms with van der Waals surface area (Å²) in [5.74, 6) is 1.83. The summed E-state index contributed by atoms with van der Waals surface area (Å²) in [5.41, 5.74) is 0.721. The maximum atomic E-state index is 12.5. The van der Waals surface area contributed by atoms with E-state index in [-0.39, 0.29) is 11.9 Å². The van der Waals surface area contributed by atoms with E-state index in [1.165, 1.54) is 0 Å². The molecular weight excluding hydrogens is 240 g/mol. The molecule has 1 amide bonds. The smallest absolute Gasteiger partial charge is 0.254 e. The number of fused-ring (bicyclic) bond motifs is 1. The summed E-state index contributed by atoms with van der Waals surface area (Å²) in [7, 11) is 0. The average molecular weight is 256 g/mol. The van der Waals surface area contributed by atoms with E-state index in [0.717, 1.165) is 23.8 Å². The van der Waals surface area contributed by atoms with Crippen LogP contribution < -0.4 is 0 Å². The Morgan fingerprint density at radius 3 is 2.68 bits per heavy atom. The van der Waals surface area contributed by atoms with Crippen LogP contribution in [0.4, 0.5) is 0 Å². The molecule has 1 aliphatic rings. The molecule has 0 unspecified atom stereocenters. The van der Waals surface area contributed by atoms with Gasteiger partial charge in [-0.05, 0) is 26.0 Å². The highest BCUT2D eigenvalue weighted by Crippen LogP contribution is 2.25. The molecule has 0 aliphatic carbocycles. The number of amides is 1. The van der Waals surface area contributed by atoms with Crippen molar-refractivity contribution in [2.45, 2.75) is 26.4 Å². The number of aromatic nitrogens is 3. The van der Waals surface area contributed by atoms with E-state index in [1.807, 2.05) is 49.1 Å². The third-order valence-corrected chi connectivity index (χ3v) is 3.65. The molecule has 1 aliphatic heterocycles. The molecule has 1 aromatic heterocycles. The van der Waals surface area contributed by atoms with Gasteiger partial charge in [0.05, 0.1) is 6.04 Å². The van der Waals surface area contributed by atoms with E-state index in [2.05, 4.69) is 14.8 Å². The fraction of sp³-hybridized carbons (Fsp3) is 0.357. The number of benzene rings is 1. The molecule has 0 saturated heterocycles. The number of hydrogen-bond acceptors (Lipinski definition) is 3. The van der Waals surface area contributed by atoms with Gasteiger partial charge in [-0.15, -0.1) is 10.2 Å². The minimum absolute atomic E-state index is 0.0392. The lowest BCUT2D eigenvalue weighted by molar-refractivity contribution is 0.0636. The Labute approximate surface area is 111 Å². The summed E-state index contributed by atoms with van der Waals surface area (Å²) in [6, 6.07) is 9.33. The van der Waals surface area contributed by atoms with Gasteiger partial charge < -0.3 is 9.47 Å². The molecule has 98 valence electrons. The van der Waals surface area contributed by atoms with E-state index < -0.39 is 0 Å². The highest BCUT2D eigenvalue weighted by atomic mass is 16.2. The topological polar surface area (TPSA) is 51.0 Å². The highest BCUT2D eigenvalue weighted by Gasteiger charge is 2.30. The van der Waals surface area contributed by atoms with Crippen molar-refractivity contribution in [3.8, 4) is 0 Å². The number of carbonyl (C=O) groups is 1. The first-order chi connectivity index (χ1) is 9.18. The summed E-state index contributed by atoms with van der Waals surface area (Å²) < 4.78 is 2.08. The van der Waals surface area contributed by atoms with Crippen LogP contribution in [0.25, 0.3) is 0 Å². The maximum Gasteiger partial charge on any atom is 0.254 e. The zero-order valence-electron chi connectivity index (χ0n) is 11.1. The molecule has 2 heterocycles. The van der Waals surface area contributed by atoms with Gasteiger partial charge in [0.15, 0.2) is 5.82 Å². The molecule has 0 fully saturated rings. The van der Waals surface area contributed by atoms with Crippen LogP contribution in [0.1, 0.15) is 35.0 Å². The summed E-state index contributed by atoms with van der Waals surface area (Å²) in [4.78, 5) is 14.4. The van der Waals surface area contributed by atoms with Gasteiger partial charge in [-0.3, -0.25) is 4.79 Å². The predicted molar refractivity (Wildman–Crippen MR) is 70.7 cm³/mol. The first-order valence-corrected chi connectivity index (χ1v) is 6.44. The van der Waals surface area contributed by atoms with Gasteiger partial charge >= 0.3 is 0 Å². The summed E-state index contributed by atoms with van der Waals surface area (Å²) in [6.07, 6.45) is 0. The van der Waals surface area contributed by atoms with Gasteiger partial charge in [-0.1, -0.05) is 18.2 Å². The fourth-order valence-electron chi connectivity index (χ4n) is 2.55. The van der Waals surface area contributed by atoms with Crippen LogP contribution in [0, 0.1) is 6.92 Å². The Kier molecular flexibility index (Phi) is 2.81. The first kappa shape index (κ1) is 11.9. The lowest BCUT2D eigenvalue weighted by atomic mass is 10.1. The quantitative estimate of drug-likeness (QED) is 0.781. The SMILES string of the molecule is Cc1nnc2n1CCN(C(=O)c1ccccc1)[C@@H]2C. The molecule has 3 rings (SSSR count). The van der Waals surface area contributed by atoms with Crippen molar-refractivity contribution < 1.29 is 4.79 Å². The van der Waals surface area contributed by atoms with Gasteiger partial charge in [0, 0.05) is 18.7 Å². The second-order valence-corrected chi connectivity index (χ2v) is 4.80. The lowest BCUT2D eigenvalue weighted by Crippen LogP contribution is -2.41. The molecule has 0 radical (unpaired) electrons. The van der Waals surface area contributed by atoms with Crippen LogP contribution in [0.3, 0.4) is 0 Å². The van der Waals surface area contributed by atoms with Crippen LogP contribution in [0.5, 0.6) is 0 Å². The predicted octanol–water partition coefficient (Wildman–Crippen LogP) is 1.80. The second kappa shape index (κ2) is 4.50. The van der Waals surface area contributed by atoms with Crippen LogP contribution in [0.2, 0.25) is 0 Å². The third kappa shape index (κ3) is 1.91. The highest BCUT2D eigenvalue weighted by molar-refractivity contribution is 5.94. The van der Waals surface area contributed by atoms with Crippen molar-refractivity contribution >= 4 is 5.91 Å². The number of hydrogen-bond donors (Lipinski definition) is 0. The van der Waals surface area contributed by atoms with Crippen molar-refractivity contribution in [2.75, 3.05) is 6.54 Å². The Morgan fingerprint density at radius 1 is 1.21 bits per heavy atom. The van der Waals surface area contributed by atoms with Crippen molar-refractivity contribution in [1.82, 2.24) is 19.7 Å². The van der Waals surface area contributed by atoms with Crippen LogP contribution >= 0.6 is 0 Å². The van der Waals surface area contributed by atoms with Crippen LogP contribution in [-0.2, 0) is 6.54 Å². The fourth-order valence-corrected chi connectivity index (χ4v) is 2.55. The molecule has 19 heavy (non-hydrogen) atoms. The second-order valence-electron chi connectivity index (χ2n) is 4.80. The molecule has 0 spiro atoms. The molecule has 1 atom stereocenters. The van der Waals surface area contributed by atoms with Crippen molar-refractivity contribution in [2.24, 2.45) is 0 Å². The number of aryl methyl sites for hydroxylation is 1. The normalized spacial score (nSPS) is 18.2. The zero-order valence-corrected chi connectivity index (χ0v) is 11.1. The Hall–Kier alpha value is -2.17. The molecule has 5 nitrogen and oxygen atoms in total. The van der Waals surface area contributed by atoms with Crippen LogP contribution in [0.15, 0.2) is 30.3 Å². The van der Waals surface area contributed by atoms with Crippen molar-refractivity contribution in [3.05, 3.63) is 47.5 Å². The average Bonchev–Trinajstić information content (AvgIpc) is 2.82. The third-order valence-electron chi connectivity index (χ3n) is 3.65. The molecule has 0 bridgehead atoms. The molecule has 5 heteroatoms. The zero-order chi connectivity index (χ0) is 13.4. The molecular formula is C14H16N4O. The summed E-state index contributed by atoms with van der Waals surface area (Å²) in [6.45, 7) is 5.40.